The van der Waals surface area contributed by atoms with Gasteiger partial charge in [-0.25, -0.2) is 4.79 Å². The van der Waals surface area contributed by atoms with Crippen LogP contribution in [-0.4, -0.2) is 64.3 Å². The number of amides is 3. The first-order chi connectivity index (χ1) is 13.0. The predicted octanol–water partition coefficient (Wildman–Crippen LogP) is 1.56. The van der Waals surface area contributed by atoms with Crippen molar-refractivity contribution >= 4 is 17.9 Å². The second-order valence-corrected chi connectivity index (χ2v) is 9.33. The minimum absolute atomic E-state index is 0.0697. The van der Waals surface area contributed by atoms with Crippen molar-refractivity contribution in [3.8, 4) is 0 Å². The van der Waals surface area contributed by atoms with Gasteiger partial charge < -0.3 is 25.4 Å². The highest BCUT2D eigenvalue weighted by Gasteiger charge is 2.38. The number of nitrogens with zero attached hydrogens (tertiary/aromatic N) is 1. The van der Waals surface area contributed by atoms with Gasteiger partial charge in [-0.3, -0.25) is 9.59 Å². The monoisotopic (exact) mass is 397 g/mol. The Hall–Kier alpha value is -1.83. The molecule has 2 saturated heterocycles. The number of ether oxygens (including phenoxy) is 1. The summed E-state index contributed by atoms with van der Waals surface area (Å²) >= 11 is 0. The smallest absolute Gasteiger partial charge is 0.408 e. The molecule has 0 aromatic rings. The zero-order valence-corrected chi connectivity index (χ0v) is 17.7. The molecule has 0 spiro atoms. The molecule has 3 N–H and O–H groups in total. The molecule has 0 radical (unpaired) electrons. The molecular formula is C20H35N3O5. The highest BCUT2D eigenvalue weighted by molar-refractivity contribution is 5.86. The molecule has 28 heavy (non-hydrogen) atoms. The minimum atomic E-state index is -0.822. The third-order valence-corrected chi connectivity index (χ3v) is 5.15. The van der Waals surface area contributed by atoms with Crippen LogP contribution in [0.25, 0.3) is 0 Å². The van der Waals surface area contributed by atoms with Crippen molar-refractivity contribution in [3.05, 3.63) is 0 Å². The number of alkyl carbamates (subject to hydrolysis) is 1. The van der Waals surface area contributed by atoms with Crippen LogP contribution in [0.15, 0.2) is 0 Å². The van der Waals surface area contributed by atoms with Crippen LogP contribution in [0.3, 0.4) is 0 Å². The van der Waals surface area contributed by atoms with E-state index in [0.717, 1.165) is 12.8 Å². The van der Waals surface area contributed by atoms with Crippen LogP contribution in [-0.2, 0) is 14.3 Å². The molecule has 8 nitrogen and oxygen atoms in total. The fourth-order valence-electron chi connectivity index (χ4n) is 3.84. The average Bonchev–Trinajstić information content (AvgIpc) is 2.79. The third-order valence-electron chi connectivity index (χ3n) is 5.15. The second-order valence-electron chi connectivity index (χ2n) is 9.33. The van der Waals surface area contributed by atoms with E-state index < -0.39 is 29.9 Å². The summed E-state index contributed by atoms with van der Waals surface area (Å²) in [5.41, 5.74) is -0.654. The van der Waals surface area contributed by atoms with E-state index in [1.807, 2.05) is 13.8 Å². The summed E-state index contributed by atoms with van der Waals surface area (Å²) in [7, 11) is 0. The molecule has 0 unspecified atom stereocenters. The van der Waals surface area contributed by atoms with Crippen LogP contribution in [0.1, 0.15) is 66.7 Å². The quantitative estimate of drug-likeness (QED) is 0.652. The number of carbonyl (C=O) groups is 3. The van der Waals surface area contributed by atoms with Gasteiger partial charge in [-0.2, -0.15) is 0 Å². The molecule has 3 amide bonds. The molecule has 0 saturated carbocycles. The normalized spacial score (nSPS) is 26.5. The van der Waals surface area contributed by atoms with Crippen LogP contribution in [0.2, 0.25) is 0 Å². The summed E-state index contributed by atoms with van der Waals surface area (Å²) in [4.78, 5) is 38.7. The van der Waals surface area contributed by atoms with Crippen LogP contribution in [0.5, 0.6) is 0 Å². The lowest BCUT2D eigenvalue weighted by atomic mass is 10.0. The van der Waals surface area contributed by atoms with Crippen molar-refractivity contribution < 1.29 is 24.2 Å². The van der Waals surface area contributed by atoms with E-state index in [4.69, 9.17) is 4.74 Å². The van der Waals surface area contributed by atoms with Crippen molar-refractivity contribution in [3.63, 3.8) is 0 Å². The van der Waals surface area contributed by atoms with Crippen LogP contribution >= 0.6 is 0 Å². The average molecular weight is 398 g/mol. The predicted molar refractivity (Wildman–Crippen MR) is 105 cm³/mol. The van der Waals surface area contributed by atoms with E-state index in [2.05, 4.69) is 10.6 Å². The topological polar surface area (TPSA) is 108 Å². The Morgan fingerprint density at radius 1 is 1.25 bits per heavy atom. The number of aliphatic hydroxyl groups is 1. The molecule has 4 atom stereocenters. The maximum Gasteiger partial charge on any atom is 0.408 e. The molecule has 2 heterocycles. The number of aliphatic hydroxyl groups excluding tert-OH is 1. The van der Waals surface area contributed by atoms with Crippen LogP contribution in [0, 0.1) is 5.92 Å². The zero-order chi connectivity index (χ0) is 21.1. The Morgan fingerprint density at radius 3 is 2.54 bits per heavy atom. The molecule has 8 heteroatoms. The van der Waals surface area contributed by atoms with Gasteiger partial charge in [0.15, 0.2) is 0 Å². The Balaban J connectivity index is 1.99. The lowest BCUT2D eigenvalue weighted by Crippen LogP contribution is -2.54. The van der Waals surface area contributed by atoms with E-state index in [0.29, 0.717) is 19.3 Å². The summed E-state index contributed by atoms with van der Waals surface area (Å²) < 4.78 is 5.27. The summed E-state index contributed by atoms with van der Waals surface area (Å²) in [6, 6.07) is -1.04. The lowest BCUT2D eigenvalue weighted by Gasteiger charge is -2.28. The number of nitrogens with one attached hydrogen (secondary N) is 2. The summed E-state index contributed by atoms with van der Waals surface area (Å²) in [6.07, 6.45) is 1.69. The third kappa shape index (κ3) is 6.36. The van der Waals surface area contributed by atoms with Gasteiger partial charge >= 0.3 is 6.09 Å². The maximum atomic E-state index is 12.8. The Kier molecular flexibility index (Phi) is 7.31. The van der Waals surface area contributed by atoms with E-state index in [1.165, 1.54) is 0 Å². The van der Waals surface area contributed by atoms with Gasteiger partial charge in [0, 0.05) is 19.0 Å². The molecule has 2 rings (SSSR count). The Labute approximate surface area is 167 Å². The molecule has 160 valence electrons. The standard InChI is InChI=1S/C20H35N3O5/c1-12(2)10-15(22-19(27)28-20(3,4)5)18(26)21-14-8-6-13-7-9-17(25)23(13)11-16(14)24/h12-16,24H,6-11H2,1-5H3,(H,21,26)(H,22,27)/t13-,14+,15+,16+/m1/s1. The minimum Gasteiger partial charge on any atom is -0.444 e. The Morgan fingerprint density at radius 2 is 1.93 bits per heavy atom. The van der Waals surface area contributed by atoms with Gasteiger partial charge in [0.05, 0.1) is 12.1 Å². The number of hydrogen-bond acceptors (Lipinski definition) is 5. The first-order valence-corrected chi connectivity index (χ1v) is 10.2. The fourth-order valence-corrected chi connectivity index (χ4v) is 3.84. The number of carbonyl (C=O) groups excluding carboxylic acids is 3. The summed E-state index contributed by atoms with van der Waals surface area (Å²) in [5.74, 6) is -0.0786. The maximum absolute atomic E-state index is 12.8. The fraction of sp³-hybridized carbons (Fsp3) is 0.850. The summed E-state index contributed by atoms with van der Waals surface area (Å²) in [6.45, 7) is 9.47. The van der Waals surface area contributed by atoms with E-state index >= 15 is 0 Å². The van der Waals surface area contributed by atoms with Crippen molar-refractivity contribution in [2.75, 3.05) is 6.54 Å². The second kappa shape index (κ2) is 9.11. The first-order valence-electron chi connectivity index (χ1n) is 10.2. The number of hydrogen-bond donors (Lipinski definition) is 3. The molecule has 0 aromatic carbocycles. The lowest BCUT2D eigenvalue weighted by molar-refractivity contribution is -0.130. The molecule has 2 aliphatic rings. The Bertz CT molecular complexity index is 587. The van der Waals surface area contributed by atoms with Crippen molar-refractivity contribution in [2.45, 2.75) is 96.6 Å². The summed E-state index contributed by atoms with van der Waals surface area (Å²) in [5, 5.41) is 16.1. The first kappa shape index (κ1) is 22.5. The van der Waals surface area contributed by atoms with Gasteiger partial charge in [0.25, 0.3) is 0 Å². The largest absolute Gasteiger partial charge is 0.444 e. The molecular weight excluding hydrogens is 362 g/mol. The molecule has 0 aliphatic carbocycles. The number of rotatable bonds is 5. The molecule has 2 aliphatic heterocycles. The molecule has 0 aromatic heterocycles. The van der Waals surface area contributed by atoms with Gasteiger partial charge in [-0.15, -0.1) is 0 Å². The van der Waals surface area contributed by atoms with Crippen molar-refractivity contribution in [1.29, 1.82) is 0 Å². The van der Waals surface area contributed by atoms with Gasteiger partial charge in [0.2, 0.25) is 11.8 Å². The van der Waals surface area contributed by atoms with E-state index in [1.54, 1.807) is 25.7 Å². The molecule has 2 fully saturated rings. The highest BCUT2D eigenvalue weighted by atomic mass is 16.6. The van der Waals surface area contributed by atoms with Crippen LogP contribution in [0.4, 0.5) is 4.79 Å². The van der Waals surface area contributed by atoms with Gasteiger partial charge in [-0.1, -0.05) is 13.8 Å². The van der Waals surface area contributed by atoms with Crippen molar-refractivity contribution in [2.24, 2.45) is 5.92 Å². The van der Waals surface area contributed by atoms with E-state index in [9.17, 15) is 19.5 Å². The van der Waals surface area contributed by atoms with E-state index in [-0.39, 0.29) is 30.3 Å². The van der Waals surface area contributed by atoms with Crippen molar-refractivity contribution in [1.82, 2.24) is 15.5 Å². The SMILES string of the molecule is CC(C)C[C@H](NC(=O)OC(C)(C)C)C(=O)N[C@H]1CC[C@@H]2CCC(=O)N2C[C@@H]1O. The number of fused-ring (bicyclic) bond motifs is 1. The van der Waals surface area contributed by atoms with Gasteiger partial charge in [0.1, 0.15) is 11.6 Å². The van der Waals surface area contributed by atoms with Crippen LogP contribution < -0.4 is 10.6 Å². The molecule has 0 bridgehead atoms. The zero-order valence-electron chi connectivity index (χ0n) is 17.7. The van der Waals surface area contributed by atoms with Gasteiger partial charge in [-0.05, 0) is 52.4 Å². The highest BCUT2D eigenvalue weighted by Crippen LogP contribution is 2.27.